The molecule has 0 saturated carbocycles. The van der Waals surface area contributed by atoms with E-state index in [1.807, 2.05) is 38.2 Å². The quantitative estimate of drug-likeness (QED) is 0.0188. The van der Waals surface area contributed by atoms with Crippen molar-refractivity contribution in [3.63, 3.8) is 0 Å². The Kier molecular flexibility index (Phi) is 35.1. The van der Waals surface area contributed by atoms with E-state index in [9.17, 15) is 57.9 Å². The number of allylic oxidation sites excluding steroid dienone is 4. The van der Waals surface area contributed by atoms with Crippen LogP contribution in [0.2, 0.25) is 0 Å². The molecule has 1 aliphatic rings. The maximum Gasteiger partial charge on any atom is 0.472 e. The van der Waals surface area contributed by atoms with Crippen LogP contribution in [0.5, 0.6) is 0 Å². The van der Waals surface area contributed by atoms with E-state index in [1.165, 1.54) is 13.8 Å². The van der Waals surface area contributed by atoms with Gasteiger partial charge in [0.1, 0.15) is 12.2 Å². The number of aliphatic hydroxyl groups excluding tert-OH is 2. The molecule has 1 aliphatic heterocycles. The molecule has 0 radical (unpaired) electrons. The second kappa shape index (κ2) is 37.9. The Balaban J connectivity index is 2.71. The standard InChI is InChI=1S/C47H84N4O22P2/c1-9-11-13-15-17-41(56)70-35(5)27-39(54)50-37(29-64-23-19-33(3)52)31-68-74(60,61)66-25-21-48-45(58)43-44(73-47(7,8)72-43)46(59)49-22-26-67-75(62,63)69-32-38(30-65-24-20-34(4)53)51-40(55)28-36(6)71-42(57)18-16-14-12-10-2/h9-12,33-38,43-44,52-53H,13-32H2,1-8H3,(H,48,58)(H,49,59)(H,50,54)(H,51,55)(H,60,61)(H,62,63)/b11-9-,12-10-/t33-,34-,35-,36-,37?,38?,43-,44+/m1/s1. The summed E-state index contributed by atoms with van der Waals surface area (Å²) in [7, 11) is -9.60. The highest BCUT2D eigenvalue weighted by Crippen LogP contribution is 2.43. The van der Waals surface area contributed by atoms with Gasteiger partial charge in [-0.25, -0.2) is 9.13 Å². The number of phosphoric ester groups is 2. The highest BCUT2D eigenvalue weighted by molar-refractivity contribution is 7.47. The molecule has 434 valence electrons. The molecule has 4 amide bonds. The van der Waals surface area contributed by atoms with Gasteiger partial charge in [0.25, 0.3) is 11.8 Å². The number of unbranched alkanes of at least 4 members (excludes halogenated alkanes) is 2. The molecule has 0 bridgehead atoms. The second-order valence-corrected chi connectivity index (χ2v) is 21.0. The number of nitrogens with one attached hydrogen (secondary N) is 4. The first-order valence-corrected chi connectivity index (χ1v) is 28.1. The van der Waals surface area contributed by atoms with Gasteiger partial charge in [0, 0.05) is 39.1 Å². The summed E-state index contributed by atoms with van der Waals surface area (Å²) in [4.78, 5) is 97.0. The minimum atomic E-state index is -4.80. The Morgan fingerprint density at radius 3 is 1.32 bits per heavy atom. The number of ether oxygens (including phenoxy) is 6. The fraction of sp³-hybridized carbons (Fsp3) is 0.787. The van der Waals surface area contributed by atoms with Crippen LogP contribution in [0.3, 0.4) is 0 Å². The molecule has 26 nitrogen and oxygen atoms in total. The summed E-state index contributed by atoms with van der Waals surface area (Å²) in [6.07, 6.45) is 4.70. The first kappa shape index (κ1) is 69.3. The molecule has 0 aromatic heterocycles. The van der Waals surface area contributed by atoms with Gasteiger partial charge in [-0.15, -0.1) is 0 Å². The van der Waals surface area contributed by atoms with Crippen LogP contribution in [-0.2, 0) is 84.4 Å². The lowest BCUT2D eigenvalue weighted by Crippen LogP contribution is -2.48. The highest BCUT2D eigenvalue weighted by Gasteiger charge is 2.49. The van der Waals surface area contributed by atoms with Crippen molar-refractivity contribution in [1.29, 1.82) is 0 Å². The van der Waals surface area contributed by atoms with Crippen LogP contribution in [0.1, 0.15) is 120 Å². The number of rotatable bonds is 42. The van der Waals surface area contributed by atoms with Gasteiger partial charge in [0.15, 0.2) is 18.0 Å². The lowest BCUT2D eigenvalue weighted by atomic mass is 10.2. The van der Waals surface area contributed by atoms with Crippen molar-refractivity contribution in [2.75, 3.05) is 65.9 Å². The van der Waals surface area contributed by atoms with E-state index in [4.69, 9.17) is 46.5 Å². The molecule has 1 saturated heterocycles. The maximum absolute atomic E-state index is 13.2. The van der Waals surface area contributed by atoms with E-state index >= 15 is 0 Å². The third-order valence-corrected chi connectivity index (χ3v) is 12.1. The number of phosphoric acid groups is 2. The minimum Gasteiger partial charge on any atom is -0.462 e. The number of aliphatic hydroxyl groups is 2. The van der Waals surface area contributed by atoms with Crippen molar-refractivity contribution < 1.29 is 104 Å². The summed E-state index contributed by atoms with van der Waals surface area (Å²) in [6.45, 7) is 9.69. The van der Waals surface area contributed by atoms with Crippen LogP contribution in [-0.4, -0.2) is 176 Å². The zero-order valence-electron chi connectivity index (χ0n) is 44.6. The summed E-state index contributed by atoms with van der Waals surface area (Å²) in [6, 6.07) is -1.95. The van der Waals surface area contributed by atoms with Crippen LogP contribution in [0.4, 0.5) is 0 Å². The van der Waals surface area contributed by atoms with E-state index in [1.54, 1.807) is 27.7 Å². The van der Waals surface area contributed by atoms with E-state index in [-0.39, 0.29) is 78.0 Å². The topological polar surface area (TPSA) is 358 Å². The highest BCUT2D eigenvalue weighted by atomic mass is 31.2. The molecule has 8 N–H and O–H groups in total. The smallest absolute Gasteiger partial charge is 0.462 e. The van der Waals surface area contributed by atoms with Crippen molar-refractivity contribution in [2.24, 2.45) is 0 Å². The number of carbonyl (C=O) groups excluding carboxylic acids is 6. The Morgan fingerprint density at radius 1 is 0.600 bits per heavy atom. The van der Waals surface area contributed by atoms with Gasteiger partial charge >= 0.3 is 27.6 Å². The molecule has 1 rings (SSSR count). The van der Waals surface area contributed by atoms with Gasteiger partial charge in [-0.2, -0.15) is 0 Å². The lowest BCUT2D eigenvalue weighted by Gasteiger charge is -2.22. The summed E-state index contributed by atoms with van der Waals surface area (Å²) in [5, 5.41) is 29.2. The third kappa shape index (κ3) is 35.3. The third-order valence-electron chi connectivity index (χ3n) is 10.1. The average Bonchev–Trinajstić information content (AvgIpc) is 3.65. The first-order valence-electron chi connectivity index (χ1n) is 25.1. The fourth-order valence-corrected chi connectivity index (χ4v) is 8.02. The Morgan fingerprint density at radius 2 is 0.973 bits per heavy atom. The molecule has 0 aromatic carbocycles. The van der Waals surface area contributed by atoms with Gasteiger partial charge in [-0.3, -0.25) is 46.9 Å². The predicted octanol–water partition coefficient (Wildman–Crippen LogP) is 2.69. The van der Waals surface area contributed by atoms with Crippen molar-refractivity contribution in [3.05, 3.63) is 24.3 Å². The van der Waals surface area contributed by atoms with Gasteiger partial charge < -0.3 is 69.7 Å². The van der Waals surface area contributed by atoms with Crippen molar-refractivity contribution >= 4 is 51.2 Å². The lowest BCUT2D eigenvalue weighted by molar-refractivity contribution is -0.159. The molecular weight excluding hydrogens is 1030 g/mol. The van der Waals surface area contributed by atoms with Gasteiger partial charge in [0.05, 0.1) is 76.8 Å². The summed E-state index contributed by atoms with van der Waals surface area (Å²) < 4.78 is 78.7. The van der Waals surface area contributed by atoms with Crippen molar-refractivity contribution in [3.8, 4) is 0 Å². The van der Waals surface area contributed by atoms with Crippen LogP contribution in [0, 0.1) is 0 Å². The van der Waals surface area contributed by atoms with Crippen LogP contribution < -0.4 is 21.3 Å². The summed E-state index contributed by atoms with van der Waals surface area (Å²) in [5.41, 5.74) is 0. The molecular formula is C47H84N4O22P2. The molecule has 0 spiro atoms. The first-order chi connectivity index (χ1) is 35.3. The Bertz CT molecular complexity index is 1740. The van der Waals surface area contributed by atoms with E-state index in [0.29, 0.717) is 25.7 Å². The normalized spacial score (nSPS) is 19.5. The van der Waals surface area contributed by atoms with Crippen molar-refractivity contribution in [2.45, 2.75) is 174 Å². The molecule has 75 heavy (non-hydrogen) atoms. The molecule has 4 unspecified atom stereocenters. The SMILES string of the molecule is C/C=C\CCCC(=O)O[C@H](C)CC(=O)NC(COCC[C@@H](C)O)COP(=O)(O)OCCNC(=O)[C@H]1OC(C)(C)O[C@H]1C(=O)NCCOP(=O)(O)OCC(COCC[C@@H](C)O)NC(=O)C[C@@H](C)OC(=O)CCC/C=C\C. The molecule has 1 fully saturated rings. The van der Waals surface area contributed by atoms with Crippen LogP contribution in [0.25, 0.3) is 0 Å². The number of esters is 2. The number of hydrogen-bond acceptors (Lipinski definition) is 20. The van der Waals surface area contributed by atoms with Gasteiger partial charge in [-0.1, -0.05) is 24.3 Å². The van der Waals surface area contributed by atoms with Gasteiger partial charge in [-0.05, 0) is 93.9 Å². The zero-order valence-corrected chi connectivity index (χ0v) is 46.4. The molecule has 0 aliphatic carbocycles. The minimum absolute atomic E-state index is 0.100. The summed E-state index contributed by atoms with van der Waals surface area (Å²) in [5.74, 6) is -5.21. The molecule has 0 aromatic rings. The van der Waals surface area contributed by atoms with Crippen LogP contribution >= 0.6 is 15.6 Å². The Hall–Kier alpha value is -3.72. The summed E-state index contributed by atoms with van der Waals surface area (Å²) >= 11 is 0. The van der Waals surface area contributed by atoms with Crippen LogP contribution in [0.15, 0.2) is 24.3 Å². The van der Waals surface area contributed by atoms with Crippen molar-refractivity contribution in [1.82, 2.24) is 21.3 Å². The predicted molar refractivity (Wildman–Crippen MR) is 269 cm³/mol. The zero-order chi connectivity index (χ0) is 56.5. The molecule has 10 atom stereocenters. The molecule has 28 heteroatoms. The maximum atomic E-state index is 13.2. The van der Waals surface area contributed by atoms with E-state index in [2.05, 4.69) is 21.3 Å². The largest absolute Gasteiger partial charge is 0.472 e. The Labute approximate surface area is 440 Å². The number of amides is 4. The monoisotopic (exact) mass is 1120 g/mol. The second-order valence-electron chi connectivity index (χ2n) is 18.1. The number of hydrogen-bond donors (Lipinski definition) is 8. The fourth-order valence-electron chi connectivity index (χ4n) is 6.49. The number of carbonyl (C=O) groups is 6. The van der Waals surface area contributed by atoms with E-state index in [0.717, 1.165) is 0 Å². The molecule has 1 heterocycles. The average molecular weight is 1120 g/mol. The van der Waals surface area contributed by atoms with Gasteiger partial charge in [0.2, 0.25) is 11.8 Å². The van der Waals surface area contributed by atoms with E-state index < -0.39 is 132 Å².